The second-order valence-electron chi connectivity index (χ2n) is 7.16. The lowest BCUT2D eigenvalue weighted by Crippen LogP contribution is -2.37. The molecule has 0 aliphatic carbocycles. The van der Waals surface area contributed by atoms with Crippen molar-refractivity contribution in [2.75, 3.05) is 33.7 Å². The minimum absolute atomic E-state index is 0. The van der Waals surface area contributed by atoms with Crippen molar-refractivity contribution in [3.8, 4) is 0 Å². The Kier molecular flexibility index (Phi) is 12.8. The number of rotatable bonds is 10. The lowest BCUT2D eigenvalue weighted by molar-refractivity contribution is 0.0963. The Hall–Kier alpha value is -2.13. The zero-order valence-electron chi connectivity index (χ0n) is 19.1. The largest absolute Gasteiger partial charge is 0.356 e. The van der Waals surface area contributed by atoms with Crippen LogP contribution in [0.1, 0.15) is 40.9 Å². The van der Waals surface area contributed by atoms with E-state index in [-0.39, 0.29) is 29.9 Å². The Bertz CT molecular complexity index is 819. The van der Waals surface area contributed by atoms with Crippen LogP contribution in [0.5, 0.6) is 0 Å². The third-order valence-electron chi connectivity index (χ3n) is 5.13. The van der Waals surface area contributed by atoms with Crippen LogP contribution < -0.4 is 16.0 Å². The van der Waals surface area contributed by atoms with Gasteiger partial charge in [0.15, 0.2) is 5.96 Å². The SMILES string of the molecule is CCN(CC)Cc1ccc(CNC(=NC)NCCc2cccc(C(=O)NC)c2)cc1.I. The molecule has 0 heterocycles. The van der Waals surface area contributed by atoms with E-state index in [1.165, 1.54) is 11.1 Å². The van der Waals surface area contributed by atoms with E-state index in [1.807, 2.05) is 24.3 Å². The first-order chi connectivity index (χ1) is 14.6. The number of carbonyl (C=O) groups is 1. The van der Waals surface area contributed by atoms with Gasteiger partial charge in [-0.3, -0.25) is 14.7 Å². The molecule has 0 aliphatic rings. The Morgan fingerprint density at radius 1 is 0.968 bits per heavy atom. The van der Waals surface area contributed by atoms with Gasteiger partial charge in [-0.15, -0.1) is 24.0 Å². The highest BCUT2D eigenvalue weighted by atomic mass is 127. The molecule has 0 unspecified atom stereocenters. The van der Waals surface area contributed by atoms with Gasteiger partial charge in [0.25, 0.3) is 5.91 Å². The number of benzene rings is 2. The van der Waals surface area contributed by atoms with E-state index >= 15 is 0 Å². The molecule has 0 atom stereocenters. The van der Waals surface area contributed by atoms with Crippen molar-refractivity contribution in [2.45, 2.75) is 33.4 Å². The molecule has 2 aromatic carbocycles. The van der Waals surface area contributed by atoms with Crippen molar-refractivity contribution in [1.82, 2.24) is 20.9 Å². The molecule has 0 saturated heterocycles. The van der Waals surface area contributed by atoms with Gasteiger partial charge in [0.05, 0.1) is 0 Å². The Morgan fingerprint density at radius 3 is 2.26 bits per heavy atom. The summed E-state index contributed by atoms with van der Waals surface area (Å²) in [5.41, 5.74) is 4.35. The smallest absolute Gasteiger partial charge is 0.251 e. The Balaban J connectivity index is 0.00000480. The van der Waals surface area contributed by atoms with Gasteiger partial charge in [-0.2, -0.15) is 0 Å². The molecule has 6 nitrogen and oxygen atoms in total. The fourth-order valence-electron chi connectivity index (χ4n) is 3.21. The van der Waals surface area contributed by atoms with Gasteiger partial charge in [0.1, 0.15) is 0 Å². The van der Waals surface area contributed by atoms with Crippen LogP contribution in [0.2, 0.25) is 0 Å². The number of nitrogens with zero attached hydrogens (tertiary/aromatic N) is 2. The first-order valence-electron chi connectivity index (χ1n) is 10.6. The van der Waals surface area contributed by atoms with Crippen LogP contribution in [-0.2, 0) is 19.5 Å². The third kappa shape index (κ3) is 9.26. The van der Waals surface area contributed by atoms with Gasteiger partial charge >= 0.3 is 0 Å². The summed E-state index contributed by atoms with van der Waals surface area (Å²) in [6, 6.07) is 16.4. The van der Waals surface area contributed by atoms with Gasteiger partial charge in [-0.05, 0) is 48.3 Å². The van der Waals surface area contributed by atoms with Crippen molar-refractivity contribution < 1.29 is 4.79 Å². The highest BCUT2D eigenvalue weighted by Gasteiger charge is 2.05. The van der Waals surface area contributed by atoms with Crippen molar-refractivity contribution in [3.63, 3.8) is 0 Å². The van der Waals surface area contributed by atoms with E-state index in [1.54, 1.807) is 14.1 Å². The highest BCUT2D eigenvalue weighted by molar-refractivity contribution is 14.0. The maximum absolute atomic E-state index is 11.8. The molecule has 31 heavy (non-hydrogen) atoms. The summed E-state index contributed by atoms with van der Waals surface area (Å²) in [4.78, 5) is 18.5. The number of hydrogen-bond donors (Lipinski definition) is 3. The zero-order chi connectivity index (χ0) is 21.8. The monoisotopic (exact) mass is 537 g/mol. The Labute approximate surface area is 203 Å². The molecule has 1 amide bonds. The van der Waals surface area contributed by atoms with Crippen molar-refractivity contribution in [2.24, 2.45) is 4.99 Å². The van der Waals surface area contributed by atoms with Crippen molar-refractivity contribution in [3.05, 3.63) is 70.8 Å². The molecule has 0 radical (unpaired) electrons. The topological polar surface area (TPSA) is 68.8 Å². The fraction of sp³-hybridized carbons (Fsp3) is 0.417. The van der Waals surface area contributed by atoms with Gasteiger partial charge < -0.3 is 16.0 Å². The minimum atomic E-state index is -0.0644. The summed E-state index contributed by atoms with van der Waals surface area (Å²) in [5, 5.41) is 9.35. The molecule has 0 saturated carbocycles. The normalized spacial score (nSPS) is 11.1. The minimum Gasteiger partial charge on any atom is -0.356 e. The second-order valence-corrected chi connectivity index (χ2v) is 7.16. The summed E-state index contributed by atoms with van der Waals surface area (Å²) in [6.45, 7) is 8.97. The number of amides is 1. The molecule has 7 heteroatoms. The van der Waals surface area contributed by atoms with Crippen LogP contribution in [0.4, 0.5) is 0 Å². The van der Waals surface area contributed by atoms with E-state index in [4.69, 9.17) is 0 Å². The molecule has 0 fully saturated rings. The lowest BCUT2D eigenvalue weighted by atomic mass is 10.1. The summed E-state index contributed by atoms with van der Waals surface area (Å²) in [7, 11) is 3.42. The third-order valence-corrected chi connectivity index (χ3v) is 5.13. The molecule has 0 bridgehead atoms. The molecule has 0 spiro atoms. The summed E-state index contributed by atoms with van der Waals surface area (Å²) in [5.74, 6) is 0.704. The summed E-state index contributed by atoms with van der Waals surface area (Å²) < 4.78 is 0. The lowest BCUT2D eigenvalue weighted by Gasteiger charge is -2.18. The summed E-state index contributed by atoms with van der Waals surface area (Å²) in [6.07, 6.45) is 0.811. The number of halogens is 1. The van der Waals surface area contributed by atoms with Gasteiger partial charge in [-0.25, -0.2) is 0 Å². The van der Waals surface area contributed by atoms with Crippen LogP contribution in [0, 0.1) is 0 Å². The number of carbonyl (C=O) groups excluding carboxylic acids is 1. The van der Waals surface area contributed by atoms with E-state index < -0.39 is 0 Å². The molecular formula is C24H36IN5O. The number of guanidine groups is 1. The van der Waals surface area contributed by atoms with E-state index in [2.05, 4.69) is 64.0 Å². The fourth-order valence-corrected chi connectivity index (χ4v) is 3.21. The molecule has 3 N–H and O–H groups in total. The van der Waals surface area contributed by atoms with Crippen LogP contribution in [0.3, 0.4) is 0 Å². The molecule has 2 aromatic rings. The predicted octanol–water partition coefficient (Wildman–Crippen LogP) is 3.41. The molecular weight excluding hydrogens is 501 g/mol. The molecule has 2 rings (SSSR count). The zero-order valence-corrected chi connectivity index (χ0v) is 21.4. The summed E-state index contributed by atoms with van der Waals surface area (Å²) >= 11 is 0. The van der Waals surface area contributed by atoms with Crippen LogP contribution in [0.15, 0.2) is 53.5 Å². The van der Waals surface area contributed by atoms with Gasteiger partial charge in [-0.1, -0.05) is 50.2 Å². The maximum Gasteiger partial charge on any atom is 0.251 e. The Morgan fingerprint density at radius 2 is 1.65 bits per heavy atom. The molecule has 170 valence electrons. The molecule has 0 aliphatic heterocycles. The standard InChI is InChI=1S/C24H35N5O.HI/c1-5-29(6-2)18-21-12-10-20(11-13-21)17-28-24(26-4)27-15-14-19-8-7-9-22(16-19)23(30)25-3;/h7-13,16H,5-6,14-15,17-18H2,1-4H3,(H,25,30)(H2,26,27,28);1H. The average Bonchev–Trinajstić information content (AvgIpc) is 2.80. The van der Waals surface area contributed by atoms with E-state index in [9.17, 15) is 4.79 Å². The quantitative estimate of drug-likeness (QED) is 0.247. The van der Waals surface area contributed by atoms with Crippen molar-refractivity contribution in [1.29, 1.82) is 0 Å². The highest BCUT2D eigenvalue weighted by Crippen LogP contribution is 2.08. The average molecular weight is 537 g/mol. The number of aliphatic imine (C=N–C) groups is 1. The van der Waals surface area contributed by atoms with Crippen LogP contribution >= 0.6 is 24.0 Å². The first-order valence-corrected chi connectivity index (χ1v) is 10.6. The second kappa shape index (κ2) is 14.8. The van der Waals surface area contributed by atoms with Crippen molar-refractivity contribution >= 4 is 35.8 Å². The molecule has 0 aromatic heterocycles. The van der Waals surface area contributed by atoms with Gasteiger partial charge in [0.2, 0.25) is 0 Å². The van der Waals surface area contributed by atoms with E-state index in [0.717, 1.165) is 50.7 Å². The van der Waals surface area contributed by atoms with E-state index in [0.29, 0.717) is 5.56 Å². The van der Waals surface area contributed by atoms with Gasteiger partial charge in [0, 0.05) is 39.3 Å². The first kappa shape index (κ1) is 26.9. The number of nitrogens with one attached hydrogen (secondary N) is 3. The predicted molar refractivity (Wildman–Crippen MR) is 140 cm³/mol. The van der Waals surface area contributed by atoms with Crippen LogP contribution in [0.25, 0.3) is 0 Å². The number of hydrogen-bond acceptors (Lipinski definition) is 3. The maximum atomic E-state index is 11.8. The van der Waals surface area contributed by atoms with Crippen LogP contribution in [-0.4, -0.2) is 50.5 Å².